The molecule has 0 aliphatic rings. The highest BCUT2D eigenvalue weighted by molar-refractivity contribution is 7.46. The van der Waals surface area contributed by atoms with E-state index in [0.717, 1.165) is 5.56 Å². The standard InChI is InChI=1S/C10H16NO4P/c1-11-10(8-15-16(12,13)14)7-9-5-3-2-4-6-9/h2-6,10-11H,7-8H2,1H3,(H2,12,13,14)/t10-/m0/s1. The molecule has 1 aromatic rings. The molecule has 16 heavy (non-hydrogen) atoms. The van der Waals surface area contributed by atoms with E-state index in [9.17, 15) is 4.57 Å². The average Bonchev–Trinajstić information content (AvgIpc) is 2.24. The molecule has 0 unspecified atom stereocenters. The first kappa shape index (κ1) is 13.4. The quantitative estimate of drug-likeness (QED) is 0.650. The van der Waals surface area contributed by atoms with Gasteiger partial charge in [-0.3, -0.25) is 4.52 Å². The Bertz CT molecular complexity index is 351. The van der Waals surface area contributed by atoms with Gasteiger partial charge in [0.1, 0.15) is 0 Å². The van der Waals surface area contributed by atoms with E-state index < -0.39 is 7.82 Å². The maximum absolute atomic E-state index is 10.5. The molecule has 1 rings (SSSR count). The van der Waals surface area contributed by atoms with Crippen LogP contribution in [-0.4, -0.2) is 29.5 Å². The van der Waals surface area contributed by atoms with Gasteiger partial charge in [-0.1, -0.05) is 30.3 Å². The van der Waals surface area contributed by atoms with Gasteiger partial charge in [-0.15, -0.1) is 0 Å². The fourth-order valence-corrected chi connectivity index (χ4v) is 1.70. The maximum atomic E-state index is 10.5. The topological polar surface area (TPSA) is 78.8 Å². The Balaban J connectivity index is 2.47. The molecule has 0 aliphatic heterocycles. The van der Waals surface area contributed by atoms with Crippen LogP contribution in [0.25, 0.3) is 0 Å². The number of hydrogen-bond donors (Lipinski definition) is 3. The van der Waals surface area contributed by atoms with Crippen molar-refractivity contribution in [3.8, 4) is 0 Å². The molecule has 1 atom stereocenters. The maximum Gasteiger partial charge on any atom is 0.469 e. The van der Waals surface area contributed by atoms with Gasteiger partial charge in [0.05, 0.1) is 6.61 Å². The summed E-state index contributed by atoms with van der Waals surface area (Å²) in [5.74, 6) is 0. The zero-order valence-electron chi connectivity index (χ0n) is 9.04. The number of likely N-dealkylation sites (N-methyl/N-ethyl adjacent to an activating group) is 1. The van der Waals surface area contributed by atoms with Gasteiger partial charge in [-0.25, -0.2) is 4.57 Å². The Kier molecular flexibility index (Phi) is 5.12. The summed E-state index contributed by atoms with van der Waals surface area (Å²) in [4.78, 5) is 17.2. The third-order valence-electron chi connectivity index (χ3n) is 2.18. The van der Waals surface area contributed by atoms with Crippen LogP contribution in [0.5, 0.6) is 0 Å². The molecule has 90 valence electrons. The monoisotopic (exact) mass is 245 g/mol. The van der Waals surface area contributed by atoms with Crippen molar-refractivity contribution in [3.63, 3.8) is 0 Å². The summed E-state index contributed by atoms with van der Waals surface area (Å²) in [5.41, 5.74) is 1.09. The highest BCUT2D eigenvalue weighted by atomic mass is 31.2. The van der Waals surface area contributed by atoms with Gasteiger partial charge < -0.3 is 15.1 Å². The van der Waals surface area contributed by atoms with Crippen LogP contribution in [0.15, 0.2) is 30.3 Å². The van der Waals surface area contributed by atoms with Crippen LogP contribution in [0.1, 0.15) is 5.56 Å². The highest BCUT2D eigenvalue weighted by Gasteiger charge is 2.17. The van der Waals surface area contributed by atoms with Crippen molar-refractivity contribution in [3.05, 3.63) is 35.9 Å². The molecule has 5 nitrogen and oxygen atoms in total. The lowest BCUT2D eigenvalue weighted by atomic mass is 10.1. The summed E-state index contributed by atoms with van der Waals surface area (Å²) in [6.07, 6.45) is 0.664. The number of phosphoric acid groups is 1. The molecule has 0 bridgehead atoms. The van der Waals surface area contributed by atoms with Crippen molar-refractivity contribution >= 4 is 7.82 Å². The first-order valence-corrected chi connectivity index (χ1v) is 6.45. The molecule has 0 saturated carbocycles. The predicted molar refractivity (Wildman–Crippen MR) is 61.0 cm³/mol. The van der Waals surface area contributed by atoms with Crippen molar-refractivity contribution in [1.82, 2.24) is 5.32 Å². The van der Waals surface area contributed by atoms with E-state index in [4.69, 9.17) is 9.79 Å². The largest absolute Gasteiger partial charge is 0.469 e. The van der Waals surface area contributed by atoms with E-state index >= 15 is 0 Å². The Morgan fingerprint density at radius 2 is 2.00 bits per heavy atom. The van der Waals surface area contributed by atoms with Gasteiger partial charge in [0.2, 0.25) is 0 Å². The summed E-state index contributed by atoms with van der Waals surface area (Å²) in [6, 6.07) is 9.57. The second kappa shape index (κ2) is 6.13. The number of phosphoric ester groups is 1. The Morgan fingerprint density at radius 3 is 2.50 bits per heavy atom. The minimum Gasteiger partial charge on any atom is -0.314 e. The molecule has 0 radical (unpaired) electrons. The van der Waals surface area contributed by atoms with Crippen molar-refractivity contribution in [2.45, 2.75) is 12.5 Å². The van der Waals surface area contributed by atoms with Crippen molar-refractivity contribution in [1.29, 1.82) is 0 Å². The van der Waals surface area contributed by atoms with E-state index in [1.54, 1.807) is 7.05 Å². The van der Waals surface area contributed by atoms with Gasteiger partial charge in [0, 0.05) is 6.04 Å². The smallest absolute Gasteiger partial charge is 0.314 e. The molecule has 0 spiro atoms. The second-order valence-electron chi connectivity index (χ2n) is 3.46. The van der Waals surface area contributed by atoms with Crippen molar-refractivity contribution < 1.29 is 18.9 Å². The fourth-order valence-electron chi connectivity index (χ4n) is 1.33. The van der Waals surface area contributed by atoms with Gasteiger partial charge in [-0.05, 0) is 19.0 Å². The molecule has 0 amide bonds. The molecule has 1 aromatic carbocycles. The number of nitrogens with one attached hydrogen (secondary N) is 1. The number of benzene rings is 1. The van der Waals surface area contributed by atoms with Gasteiger partial charge in [-0.2, -0.15) is 0 Å². The zero-order chi connectivity index (χ0) is 12.0. The first-order valence-electron chi connectivity index (χ1n) is 4.92. The van der Waals surface area contributed by atoms with Crippen LogP contribution in [0.4, 0.5) is 0 Å². The first-order chi connectivity index (χ1) is 7.51. The van der Waals surface area contributed by atoms with Crippen LogP contribution in [0, 0.1) is 0 Å². The van der Waals surface area contributed by atoms with E-state index in [1.165, 1.54) is 0 Å². The summed E-state index contributed by atoms with van der Waals surface area (Å²) in [7, 11) is -2.64. The molecule has 0 aromatic heterocycles. The van der Waals surface area contributed by atoms with Gasteiger partial charge in [0.25, 0.3) is 0 Å². The van der Waals surface area contributed by atoms with Crippen LogP contribution in [0.3, 0.4) is 0 Å². The SMILES string of the molecule is CN[C@H](COP(=O)(O)O)Cc1ccccc1. The molecule has 0 aliphatic carbocycles. The van der Waals surface area contributed by atoms with E-state index in [2.05, 4.69) is 9.84 Å². The lowest BCUT2D eigenvalue weighted by Crippen LogP contribution is -2.32. The Morgan fingerprint density at radius 1 is 1.38 bits per heavy atom. The van der Waals surface area contributed by atoms with Crippen molar-refractivity contribution in [2.75, 3.05) is 13.7 Å². The average molecular weight is 245 g/mol. The Labute approximate surface area is 94.7 Å². The summed E-state index contributed by atoms with van der Waals surface area (Å²) >= 11 is 0. The van der Waals surface area contributed by atoms with E-state index in [1.807, 2.05) is 30.3 Å². The van der Waals surface area contributed by atoms with Crippen LogP contribution < -0.4 is 5.32 Å². The molecule has 6 heteroatoms. The lowest BCUT2D eigenvalue weighted by Gasteiger charge is -2.16. The third kappa shape index (κ3) is 5.39. The fraction of sp³-hybridized carbons (Fsp3) is 0.400. The van der Waals surface area contributed by atoms with Crippen LogP contribution in [-0.2, 0) is 15.5 Å². The highest BCUT2D eigenvalue weighted by Crippen LogP contribution is 2.35. The summed E-state index contributed by atoms with van der Waals surface area (Å²) in [6.45, 7) is -0.0182. The Hall–Kier alpha value is -0.710. The van der Waals surface area contributed by atoms with Crippen molar-refractivity contribution in [2.24, 2.45) is 0 Å². The number of rotatable bonds is 6. The molecule has 3 N–H and O–H groups in total. The van der Waals surface area contributed by atoms with Gasteiger partial charge in [0.15, 0.2) is 0 Å². The number of hydrogen-bond acceptors (Lipinski definition) is 3. The minimum atomic E-state index is -4.38. The summed E-state index contributed by atoms with van der Waals surface area (Å²) in [5, 5.41) is 2.95. The molecule has 0 fully saturated rings. The molecule has 0 saturated heterocycles. The summed E-state index contributed by atoms with van der Waals surface area (Å²) < 4.78 is 15.0. The van der Waals surface area contributed by atoms with Crippen LogP contribution in [0.2, 0.25) is 0 Å². The van der Waals surface area contributed by atoms with E-state index in [0.29, 0.717) is 6.42 Å². The second-order valence-corrected chi connectivity index (χ2v) is 4.70. The lowest BCUT2D eigenvalue weighted by molar-refractivity contribution is 0.179. The van der Waals surface area contributed by atoms with Gasteiger partial charge >= 0.3 is 7.82 Å². The predicted octanol–water partition coefficient (Wildman–Crippen LogP) is 0.926. The third-order valence-corrected chi connectivity index (χ3v) is 2.66. The minimum absolute atomic E-state index is 0.0182. The van der Waals surface area contributed by atoms with E-state index in [-0.39, 0.29) is 12.6 Å². The molecular weight excluding hydrogens is 229 g/mol. The molecular formula is C10H16NO4P. The molecule has 0 heterocycles. The van der Waals surface area contributed by atoms with Crippen LogP contribution >= 0.6 is 7.82 Å². The normalized spacial score (nSPS) is 13.7. The zero-order valence-corrected chi connectivity index (χ0v) is 9.93.